The van der Waals surface area contributed by atoms with E-state index in [-0.39, 0.29) is 24.3 Å². The molecular formula is C12H19N3O2. The van der Waals surface area contributed by atoms with Gasteiger partial charge in [-0.2, -0.15) is 5.26 Å². The van der Waals surface area contributed by atoms with Gasteiger partial charge in [-0.15, -0.1) is 0 Å². The fourth-order valence-electron chi connectivity index (χ4n) is 2.14. The van der Waals surface area contributed by atoms with E-state index >= 15 is 0 Å². The van der Waals surface area contributed by atoms with Gasteiger partial charge in [-0.1, -0.05) is 6.42 Å². The second-order valence-corrected chi connectivity index (χ2v) is 4.35. The normalized spacial score (nSPS) is 20.6. The first kappa shape index (κ1) is 13.7. The Hall–Kier alpha value is -1.41. The van der Waals surface area contributed by atoms with Gasteiger partial charge in [0.05, 0.1) is 25.1 Å². The molecule has 0 bridgehead atoms. The van der Waals surface area contributed by atoms with Crippen LogP contribution < -0.4 is 5.32 Å². The standard InChI is InChI=1S/C12H19N3O2/c1-10(16)11-5-2-3-8-15(11)9-12(17)14-7-4-6-13/h11H,2-5,7-9H2,1H3,(H,14,17). The zero-order valence-corrected chi connectivity index (χ0v) is 10.2. The number of ketones is 1. The van der Waals surface area contributed by atoms with E-state index in [4.69, 9.17) is 5.26 Å². The first-order valence-corrected chi connectivity index (χ1v) is 6.03. The maximum Gasteiger partial charge on any atom is 0.234 e. The van der Waals surface area contributed by atoms with Crippen molar-refractivity contribution < 1.29 is 9.59 Å². The summed E-state index contributed by atoms with van der Waals surface area (Å²) in [6.07, 6.45) is 3.26. The molecule has 0 spiro atoms. The van der Waals surface area contributed by atoms with Crippen molar-refractivity contribution in [2.45, 2.75) is 38.6 Å². The average Bonchev–Trinajstić information content (AvgIpc) is 2.29. The molecule has 1 aliphatic heterocycles. The van der Waals surface area contributed by atoms with Crippen LogP contribution in [0.1, 0.15) is 32.6 Å². The smallest absolute Gasteiger partial charge is 0.234 e. The third kappa shape index (κ3) is 4.53. The number of likely N-dealkylation sites (tertiary alicyclic amines) is 1. The van der Waals surface area contributed by atoms with Gasteiger partial charge in [0.2, 0.25) is 5.91 Å². The molecule has 1 atom stereocenters. The third-order valence-corrected chi connectivity index (χ3v) is 2.99. The van der Waals surface area contributed by atoms with Crippen molar-refractivity contribution >= 4 is 11.7 Å². The minimum atomic E-state index is -0.106. The van der Waals surface area contributed by atoms with Crippen molar-refractivity contribution in [2.24, 2.45) is 0 Å². The van der Waals surface area contributed by atoms with E-state index in [1.54, 1.807) is 6.92 Å². The van der Waals surface area contributed by atoms with Gasteiger partial charge in [0.25, 0.3) is 0 Å². The van der Waals surface area contributed by atoms with E-state index < -0.39 is 0 Å². The van der Waals surface area contributed by atoms with Gasteiger partial charge < -0.3 is 5.32 Å². The number of amides is 1. The molecule has 1 rings (SSSR count). The number of carbonyl (C=O) groups excluding carboxylic acids is 2. The summed E-state index contributed by atoms with van der Waals surface area (Å²) in [5.41, 5.74) is 0. The first-order chi connectivity index (χ1) is 8.15. The lowest BCUT2D eigenvalue weighted by Crippen LogP contribution is -2.48. The van der Waals surface area contributed by atoms with Crippen molar-refractivity contribution in [1.29, 1.82) is 5.26 Å². The SMILES string of the molecule is CC(=O)C1CCCCN1CC(=O)NCCC#N. The van der Waals surface area contributed by atoms with Crippen molar-refractivity contribution in [3.63, 3.8) is 0 Å². The molecule has 0 saturated carbocycles. The molecule has 0 aromatic heterocycles. The lowest BCUT2D eigenvalue weighted by molar-refractivity contribution is -0.127. The van der Waals surface area contributed by atoms with Crippen LogP contribution in [0.2, 0.25) is 0 Å². The van der Waals surface area contributed by atoms with Crippen LogP contribution in [-0.2, 0) is 9.59 Å². The molecule has 1 amide bonds. The molecule has 5 heteroatoms. The number of nitrogens with one attached hydrogen (secondary N) is 1. The molecule has 1 fully saturated rings. The van der Waals surface area contributed by atoms with Gasteiger partial charge in [0.15, 0.2) is 0 Å². The Morgan fingerprint density at radius 2 is 2.24 bits per heavy atom. The largest absolute Gasteiger partial charge is 0.354 e. The van der Waals surface area contributed by atoms with E-state index in [0.29, 0.717) is 13.0 Å². The fourth-order valence-corrected chi connectivity index (χ4v) is 2.14. The highest BCUT2D eigenvalue weighted by atomic mass is 16.2. The molecule has 1 N–H and O–H groups in total. The minimum Gasteiger partial charge on any atom is -0.354 e. The number of carbonyl (C=O) groups is 2. The zero-order chi connectivity index (χ0) is 12.7. The highest BCUT2D eigenvalue weighted by Gasteiger charge is 2.27. The number of piperidine rings is 1. The Morgan fingerprint density at radius 1 is 1.47 bits per heavy atom. The van der Waals surface area contributed by atoms with Crippen LogP contribution in [0.4, 0.5) is 0 Å². The molecule has 0 aliphatic carbocycles. The van der Waals surface area contributed by atoms with Gasteiger partial charge >= 0.3 is 0 Å². The van der Waals surface area contributed by atoms with Crippen LogP contribution >= 0.6 is 0 Å². The minimum absolute atomic E-state index is 0.103. The second-order valence-electron chi connectivity index (χ2n) is 4.35. The maximum absolute atomic E-state index is 11.6. The van der Waals surface area contributed by atoms with Crippen LogP contribution in [-0.4, -0.2) is 42.3 Å². The molecule has 1 aliphatic rings. The van der Waals surface area contributed by atoms with Gasteiger partial charge in [-0.25, -0.2) is 0 Å². The molecule has 0 radical (unpaired) electrons. The van der Waals surface area contributed by atoms with Gasteiger partial charge in [-0.3, -0.25) is 14.5 Å². The molecular weight excluding hydrogens is 218 g/mol. The molecule has 94 valence electrons. The number of nitriles is 1. The van der Waals surface area contributed by atoms with E-state index in [1.165, 1.54) is 0 Å². The summed E-state index contributed by atoms with van der Waals surface area (Å²) in [4.78, 5) is 25.0. The molecule has 0 aromatic carbocycles. The Balaban J connectivity index is 2.39. The Labute approximate surface area is 102 Å². The summed E-state index contributed by atoms with van der Waals surface area (Å²) in [7, 11) is 0. The summed E-state index contributed by atoms with van der Waals surface area (Å²) in [5.74, 6) is 0.0305. The molecule has 17 heavy (non-hydrogen) atoms. The van der Waals surface area contributed by atoms with E-state index in [0.717, 1.165) is 25.8 Å². The van der Waals surface area contributed by atoms with E-state index in [9.17, 15) is 9.59 Å². The molecule has 0 aromatic rings. The van der Waals surface area contributed by atoms with Crippen LogP contribution in [0.5, 0.6) is 0 Å². The lowest BCUT2D eigenvalue weighted by atomic mass is 9.99. The number of Topliss-reactive ketones (excluding diaryl/α,β-unsaturated/α-hetero) is 1. The molecule has 1 unspecified atom stereocenters. The number of hydrogen-bond donors (Lipinski definition) is 1. The highest BCUT2D eigenvalue weighted by Crippen LogP contribution is 2.17. The Kier molecular flexibility index (Phi) is 5.64. The Bertz CT molecular complexity index is 322. The van der Waals surface area contributed by atoms with Gasteiger partial charge in [-0.05, 0) is 26.3 Å². The van der Waals surface area contributed by atoms with Crippen LogP contribution in [0.15, 0.2) is 0 Å². The van der Waals surface area contributed by atoms with Crippen molar-refractivity contribution in [2.75, 3.05) is 19.6 Å². The molecule has 1 saturated heterocycles. The Morgan fingerprint density at radius 3 is 2.88 bits per heavy atom. The maximum atomic E-state index is 11.6. The van der Waals surface area contributed by atoms with E-state index in [1.807, 2.05) is 11.0 Å². The van der Waals surface area contributed by atoms with Crippen molar-refractivity contribution in [1.82, 2.24) is 10.2 Å². The molecule has 1 heterocycles. The fraction of sp³-hybridized carbons (Fsp3) is 0.750. The topological polar surface area (TPSA) is 73.2 Å². The van der Waals surface area contributed by atoms with Gasteiger partial charge in [0, 0.05) is 6.54 Å². The van der Waals surface area contributed by atoms with Crippen LogP contribution in [0.25, 0.3) is 0 Å². The number of rotatable bonds is 5. The van der Waals surface area contributed by atoms with E-state index in [2.05, 4.69) is 5.32 Å². The summed E-state index contributed by atoms with van der Waals surface area (Å²) in [6, 6.07) is 1.87. The summed E-state index contributed by atoms with van der Waals surface area (Å²) >= 11 is 0. The summed E-state index contributed by atoms with van der Waals surface area (Å²) < 4.78 is 0. The average molecular weight is 237 g/mol. The first-order valence-electron chi connectivity index (χ1n) is 6.03. The van der Waals surface area contributed by atoms with Crippen molar-refractivity contribution in [3.05, 3.63) is 0 Å². The van der Waals surface area contributed by atoms with Gasteiger partial charge in [0.1, 0.15) is 5.78 Å². The summed E-state index contributed by atoms with van der Waals surface area (Å²) in [6.45, 7) is 3.02. The predicted octanol–water partition coefficient (Wildman–Crippen LogP) is 0.460. The number of nitrogens with zero attached hydrogens (tertiary/aromatic N) is 2. The third-order valence-electron chi connectivity index (χ3n) is 2.99. The summed E-state index contributed by atoms with van der Waals surface area (Å²) in [5, 5.41) is 11.0. The highest BCUT2D eigenvalue weighted by molar-refractivity contribution is 5.83. The zero-order valence-electron chi connectivity index (χ0n) is 10.2. The van der Waals surface area contributed by atoms with Crippen LogP contribution in [0, 0.1) is 11.3 Å². The second kappa shape index (κ2) is 7.02. The number of hydrogen-bond acceptors (Lipinski definition) is 4. The monoisotopic (exact) mass is 237 g/mol. The van der Waals surface area contributed by atoms with Crippen molar-refractivity contribution in [3.8, 4) is 6.07 Å². The quantitative estimate of drug-likeness (QED) is 0.705. The lowest BCUT2D eigenvalue weighted by Gasteiger charge is -2.33. The molecule has 5 nitrogen and oxygen atoms in total. The van der Waals surface area contributed by atoms with Crippen LogP contribution in [0.3, 0.4) is 0 Å². The predicted molar refractivity (Wildman–Crippen MR) is 63.1 cm³/mol.